The molecule has 0 spiro atoms. The van der Waals surface area contributed by atoms with E-state index in [9.17, 15) is 22.9 Å². The van der Waals surface area contributed by atoms with Crippen LogP contribution < -0.4 is 5.32 Å². The highest BCUT2D eigenvalue weighted by atomic mass is 32.2. The third-order valence-electron chi connectivity index (χ3n) is 3.20. The molecule has 7 nitrogen and oxygen atoms in total. The molecule has 1 fully saturated rings. The molecule has 0 atom stereocenters. The largest absolute Gasteiger partial charge is 0.314 e. The van der Waals surface area contributed by atoms with Gasteiger partial charge in [-0.05, 0) is 13.0 Å². The van der Waals surface area contributed by atoms with Crippen LogP contribution in [0, 0.1) is 22.9 Å². The van der Waals surface area contributed by atoms with E-state index in [1.54, 1.807) is 0 Å². The molecule has 2 rings (SSSR count). The van der Waals surface area contributed by atoms with E-state index < -0.39 is 26.5 Å². The van der Waals surface area contributed by atoms with Gasteiger partial charge in [0.25, 0.3) is 5.69 Å². The van der Waals surface area contributed by atoms with Crippen LogP contribution in [-0.4, -0.2) is 43.8 Å². The highest BCUT2D eigenvalue weighted by molar-refractivity contribution is 7.89. The molecule has 1 aliphatic rings. The Hall–Kier alpha value is -1.58. The predicted molar refractivity (Wildman–Crippen MR) is 69.4 cm³/mol. The highest BCUT2D eigenvalue weighted by Gasteiger charge is 2.29. The zero-order valence-corrected chi connectivity index (χ0v) is 11.6. The first-order valence-electron chi connectivity index (χ1n) is 5.99. The number of benzene rings is 1. The summed E-state index contributed by atoms with van der Waals surface area (Å²) in [5, 5.41) is 13.8. The summed E-state index contributed by atoms with van der Waals surface area (Å²) in [5.41, 5.74) is -0.701. The van der Waals surface area contributed by atoms with Gasteiger partial charge in [-0.25, -0.2) is 12.8 Å². The van der Waals surface area contributed by atoms with Gasteiger partial charge in [0.05, 0.1) is 15.4 Å². The molecule has 1 aliphatic heterocycles. The monoisotopic (exact) mass is 303 g/mol. The van der Waals surface area contributed by atoms with Crippen LogP contribution in [0.1, 0.15) is 5.56 Å². The van der Waals surface area contributed by atoms with Crippen molar-refractivity contribution in [2.75, 3.05) is 26.2 Å². The van der Waals surface area contributed by atoms with Crippen molar-refractivity contribution in [2.24, 2.45) is 0 Å². The van der Waals surface area contributed by atoms with Gasteiger partial charge in [-0.15, -0.1) is 0 Å². The average molecular weight is 303 g/mol. The molecule has 0 bridgehead atoms. The van der Waals surface area contributed by atoms with E-state index in [-0.39, 0.29) is 23.5 Å². The number of hydrogen-bond donors (Lipinski definition) is 1. The van der Waals surface area contributed by atoms with Crippen LogP contribution in [0.15, 0.2) is 17.0 Å². The van der Waals surface area contributed by atoms with E-state index in [2.05, 4.69) is 5.32 Å². The number of nitrogens with one attached hydrogen (secondary N) is 1. The van der Waals surface area contributed by atoms with Crippen molar-refractivity contribution in [3.8, 4) is 0 Å². The third-order valence-corrected chi connectivity index (χ3v) is 5.08. The summed E-state index contributed by atoms with van der Waals surface area (Å²) >= 11 is 0. The van der Waals surface area contributed by atoms with Gasteiger partial charge in [0, 0.05) is 32.2 Å². The quantitative estimate of drug-likeness (QED) is 0.653. The van der Waals surface area contributed by atoms with Gasteiger partial charge in [-0.3, -0.25) is 10.1 Å². The van der Waals surface area contributed by atoms with Gasteiger partial charge in [-0.1, -0.05) is 0 Å². The summed E-state index contributed by atoms with van der Waals surface area (Å²) in [7, 11) is -3.91. The van der Waals surface area contributed by atoms with Crippen LogP contribution in [0.4, 0.5) is 10.1 Å². The topological polar surface area (TPSA) is 92.6 Å². The zero-order valence-electron chi connectivity index (χ0n) is 10.8. The van der Waals surface area contributed by atoms with E-state index in [1.807, 2.05) is 0 Å². The fraction of sp³-hybridized carbons (Fsp3) is 0.455. The molecule has 110 valence electrons. The van der Waals surface area contributed by atoms with Crippen molar-refractivity contribution in [1.82, 2.24) is 9.62 Å². The van der Waals surface area contributed by atoms with Crippen LogP contribution in [-0.2, 0) is 10.0 Å². The average Bonchev–Trinajstić information content (AvgIpc) is 2.42. The normalized spacial score (nSPS) is 17.1. The van der Waals surface area contributed by atoms with Crippen LogP contribution >= 0.6 is 0 Å². The van der Waals surface area contributed by atoms with Crippen LogP contribution in [0.2, 0.25) is 0 Å². The zero-order chi connectivity index (χ0) is 14.9. The Morgan fingerprint density at radius 1 is 1.35 bits per heavy atom. The Morgan fingerprint density at radius 3 is 2.50 bits per heavy atom. The maximum absolute atomic E-state index is 13.7. The van der Waals surface area contributed by atoms with Gasteiger partial charge in [0.2, 0.25) is 10.0 Å². The van der Waals surface area contributed by atoms with Crippen LogP contribution in [0.5, 0.6) is 0 Å². The number of nitro benzene ring substituents is 1. The van der Waals surface area contributed by atoms with E-state index in [0.29, 0.717) is 13.1 Å². The summed E-state index contributed by atoms with van der Waals surface area (Å²) < 4.78 is 39.6. The maximum atomic E-state index is 13.7. The van der Waals surface area contributed by atoms with E-state index in [0.717, 1.165) is 12.1 Å². The lowest BCUT2D eigenvalue weighted by Gasteiger charge is -2.26. The molecule has 1 aromatic carbocycles. The molecule has 0 unspecified atom stereocenters. The Morgan fingerprint density at radius 2 is 1.95 bits per heavy atom. The maximum Gasteiger partial charge on any atom is 0.276 e. The fourth-order valence-corrected chi connectivity index (χ4v) is 3.49. The third kappa shape index (κ3) is 2.65. The summed E-state index contributed by atoms with van der Waals surface area (Å²) in [5.74, 6) is -0.895. The Kier molecular flexibility index (Phi) is 4.02. The second-order valence-corrected chi connectivity index (χ2v) is 6.40. The number of nitrogens with zero attached hydrogens (tertiary/aromatic N) is 2. The highest BCUT2D eigenvalue weighted by Crippen LogP contribution is 2.27. The second-order valence-electron chi connectivity index (χ2n) is 4.46. The second kappa shape index (κ2) is 5.43. The minimum atomic E-state index is -3.91. The first kappa shape index (κ1) is 14.8. The Balaban J connectivity index is 2.49. The molecule has 0 amide bonds. The molecule has 1 N–H and O–H groups in total. The van der Waals surface area contributed by atoms with Crippen molar-refractivity contribution in [3.05, 3.63) is 33.6 Å². The van der Waals surface area contributed by atoms with Crippen molar-refractivity contribution in [3.63, 3.8) is 0 Å². The fourth-order valence-electron chi connectivity index (χ4n) is 2.01. The molecule has 1 aromatic rings. The summed E-state index contributed by atoms with van der Waals surface area (Å²) in [6.45, 7) is 2.75. The minimum Gasteiger partial charge on any atom is -0.314 e. The number of hydrogen-bond acceptors (Lipinski definition) is 5. The summed E-state index contributed by atoms with van der Waals surface area (Å²) in [4.78, 5) is 9.69. The molecule has 0 aromatic heterocycles. The van der Waals surface area contributed by atoms with Crippen molar-refractivity contribution < 1.29 is 17.7 Å². The predicted octanol–water partition coefficient (Wildman–Crippen LogP) is 0.636. The smallest absolute Gasteiger partial charge is 0.276 e. The van der Waals surface area contributed by atoms with Crippen molar-refractivity contribution >= 4 is 15.7 Å². The Labute approximate surface area is 115 Å². The molecule has 0 radical (unpaired) electrons. The van der Waals surface area contributed by atoms with E-state index in [4.69, 9.17) is 0 Å². The molecular formula is C11H14FN3O4S. The standard InChI is InChI=1S/C11H14FN3O4S/c1-8-10(12)6-9(7-11(8)15(16)17)20(18,19)14-4-2-13-3-5-14/h6-7,13H,2-5H2,1H3. The van der Waals surface area contributed by atoms with Gasteiger partial charge in [0.15, 0.2) is 0 Å². The number of rotatable bonds is 3. The van der Waals surface area contributed by atoms with Gasteiger partial charge >= 0.3 is 0 Å². The van der Waals surface area contributed by atoms with E-state index in [1.165, 1.54) is 11.2 Å². The molecule has 0 aliphatic carbocycles. The minimum absolute atomic E-state index is 0.172. The summed E-state index contributed by atoms with van der Waals surface area (Å²) in [6, 6.07) is 1.75. The van der Waals surface area contributed by atoms with Gasteiger partial charge in [-0.2, -0.15) is 4.31 Å². The number of halogens is 1. The molecule has 1 heterocycles. The van der Waals surface area contributed by atoms with Crippen molar-refractivity contribution in [1.29, 1.82) is 0 Å². The number of piperazine rings is 1. The lowest BCUT2D eigenvalue weighted by molar-refractivity contribution is -0.385. The first-order chi connectivity index (χ1) is 9.34. The Bertz CT molecular complexity index is 641. The van der Waals surface area contributed by atoms with Crippen molar-refractivity contribution in [2.45, 2.75) is 11.8 Å². The molecule has 9 heteroatoms. The number of sulfonamides is 1. The van der Waals surface area contributed by atoms with Gasteiger partial charge < -0.3 is 5.32 Å². The SMILES string of the molecule is Cc1c(F)cc(S(=O)(=O)N2CCNCC2)cc1[N+](=O)[O-]. The van der Waals surface area contributed by atoms with E-state index >= 15 is 0 Å². The van der Waals surface area contributed by atoms with Crippen LogP contribution in [0.25, 0.3) is 0 Å². The lowest BCUT2D eigenvalue weighted by Crippen LogP contribution is -2.46. The van der Waals surface area contributed by atoms with Crippen LogP contribution in [0.3, 0.4) is 0 Å². The molecule has 1 saturated heterocycles. The summed E-state index contributed by atoms with van der Waals surface area (Å²) in [6.07, 6.45) is 0. The lowest BCUT2D eigenvalue weighted by atomic mass is 10.2. The molecule has 20 heavy (non-hydrogen) atoms. The first-order valence-corrected chi connectivity index (χ1v) is 7.43. The molecular weight excluding hydrogens is 289 g/mol. The molecule has 0 saturated carbocycles. The van der Waals surface area contributed by atoms with Gasteiger partial charge in [0.1, 0.15) is 5.82 Å². The number of nitro groups is 1.